The summed E-state index contributed by atoms with van der Waals surface area (Å²) in [5.74, 6) is -3.48. The number of hydrogen-bond acceptors (Lipinski definition) is 8. The van der Waals surface area contributed by atoms with Crippen molar-refractivity contribution >= 4 is 28.5 Å². The molecule has 0 aromatic heterocycles. The molecule has 4 unspecified atom stereocenters. The van der Waals surface area contributed by atoms with Crippen molar-refractivity contribution in [2.45, 2.75) is 37.4 Å². The molecule has 0 radical (unpaired) electrons. The summed E-state index contributed by atoms with van der Waals surface area (Å²) in [6.45, 7) is 3.40. The van der Waals surface area contributed by atoms with Crippen LogP contribution in [0.15, 0.2) is 60.7 Å². The maximum atomic E-state index is 14.1. The number of carbonyl (C=O) groups is 3. The number of carbonyl (C=O) groups excluding carboxylic acids is 3. The lowest BCUT2D eigenvalue weighted by Gasteiger charge is -2.46. The molecule has 0 N–H and O–H groups in total. The molecule has 1 saturated heterocycles. The van der Waals surface area contributed by atoms with Gasteiger partial charge in [-0.2, -0.15) is 0 Å². The minimum Gasteiger partial charge on any atom is -0.464 e. The van der Waals surface area contributed by atoms with Crippen molar-refractivity contribution in [2.75, 3.05) is 13.2 Å². The van der Waals surface area contributed by atoms with Crippen LogP contribution in [-0.4, -0.2) is 43.1 Å². The molecular formula is C27H22O8. The SMILES string of the molecule is CCOC(=O)C1OC23Oc4c(ccc5ccccc45)C2(OC1C(=O)OCC)C(=O)c1ccccc13. The summed E-state index contributed by atoms with van der Waals surface area (Å²) in [4.78, 5) is 40.1. The zero-order valence-corrected chi connectivity index (χ0v) is 19.1. The molecule has 8 heteroatoms. The molecule has 0 saturated carbocycles. The van der Waals surface area contributed by atoms with E-state index in [2.05, 4.69) is 0 Å². The van der Waals surface area contributed by atoms with E-state index in [-0.39, 0.29) is 13.2 Å². The second kappa shape index (κ2) is 7.63. The Labute approximate surface area is 200 Å². The quantitative estimate of drug-likeness (QED) is 0.531. The van der Waals surface area contributed by atoms with Gasteiger partial charge in [-0.1, -0.05) is 60.7 Å². The summed E-state index contributed by atoms with van der Waals surface area (Å²) in [6, 6.07) is 18.0. The number of hydrogen-bond donors (Lipinski definition) is 0. The third-order valence-electron chi connectivity index (χ3n) is 6.72. The van der Waals surface area contributed by atoms with Crippen LogP contribution >= 0.6 is 0 Å². The first-order valence-corrected chi connectivity index (χ1v) is 11.5. The first kappa shape index (κ1) is 21.8. The number of Topliss-reactive ketones (excluding diaryl/α,β-unsaturated/α-hetero) is 1. The number of ketones is 1. The molecule has 0 spiro atoms. The zero-order valence-electron chi connectivity index (χ0n) is 19.1. The zero-order chi connectivity index (χ0) is 24.4. The van der Waals surface area contributed by atoms with Gasteiger partial charge in [0.2, 0.25) is 11.4 Å². The molecule has 6 rings (SSSR count). The van der Waals surface area contributed by atoms with Crippen molar-refractivity contribution < 1.29 is 38.1 Å². The lowest BCUT2D eigenvalue weighted by Crippen LogP contribution is -2.65. The van der Waals surface area contributed by atoms with Crippen LogP contribution in [0, 0.1) is 0 Å². The Morgan fingerprint density at radius 1 is 0.829 bits per heavy atom. The van der Waals surface area contributed by atoms with Crippen LogP contribution in [0.4, 0.5) is 0 Å². The summed E-state index contributed by atoms with van der Waals surface area (Å²) in [6.07, 6.45) is -3.05. The van der Waals surface area contributed by atoms with Gasteiger partial charge in [-0.25, -0.2) is 9.59 Å². The van der Waals surface area contributed by atoms with Crippen LogP contribution in [0.25, 0.3) is 10.8 Å². The van der Waals surface area contributed by atoms with E-state index in [1.165, 1.54) is 0 Å². The summed E-state index contributed by atoms with van der Waals surface area (Å²) in [5, 5.41) is 1.64. The molecule has 2 aliphatic heterocycles. The molecule has 3 aromatic rings. The van der Waals surface area contributed by atoms with E-state index in [4.69, 9.17) is 23.7 Å². The molecule has 1 fully saturated rings. The fourth-order valence-electron chi connectivity index (χ4n) is 5.35. The van der Waals surface area contributed by atoms with E-state index >= 15 is 0 Å². The molecule has 8 nitrogen and oxygen atoms in total. The van der Waals surface area contributed by atoms with E-state index in [1.807, 2.05) is 30.3 Å². The highest BCUT2D eigenvalue weighted by Crippen LogP contribution is 2.65. The lowest BCUT2D eigenvalue weighted by molar-refractivity contribution is -0.351. The standard InChI is InChI=1S/C27H22O8/c1-3-31-24(29)21-22(25(30)32-4-2)35-27-18-12-8-7-11-17(18)23(28)26(27,33-21)19-14-13-15-9-5-6-10-16(15)20(19)34-27/h5-14,21-22H,3-4H2,1-2H3. The van der Waals surface area contributed by atoms with Crippen molar-refractivity contribution in [3.05, 3.63) is 77.4 Å². The number of ether oxygens (including phenoxy) is 5. The molecule has 0 amide bonds. The van der Waals surface area contributed by atoms with Crippen molar-refractivity contribution in [1.82, 2.24) is 0 Å². The molecule has 2 heterocycles. The van der Waals surface area contributed by atoms with E-state index in [0.29, 0.717) is 22.4 Å². The van der Waals surface area contributed by atoms with Crippen LogP contribution in [-0.2, 0) is 39.9 Å². The Kier molecular flexibility index (Phi) is 4.74. The van der Waals surface area contributed by atoms with Crippen molar-refractivity contribution in [1.29, 1.82) is 0 Å². The first-order valence-electron chi connectivity index (χ1n) is 11.5. The molecule has 0 bridgehead atoms. The van der Waals surface area contributed by atoms with Gasteiger partial charge in [0.05, 0.1) is 13.2 Å². The minimum absolute atomic E-state index is 0.0538. The van der Waals surface area contributed by atoms with Crippen LogP contribution in [0.2, 0.25) is 0 Å². The van der Waals surface area contributed by atoms with Crippen LogP contribution < -0.4 is 4.74 Å². The minimum atomic E-state index is -1.85. The second-order valence-electron chi connectivity index (χ2n) is 8.52. The molecule has 35 heavy (non-hydrogen) atoms. The lowest BCUT2D eigenvalue weighted by atomic mass is 9.83. The van der Waals surface area contributed by atoms with Gasteiger partial charge in [-0.15, -0.1) is 0 Å². The van der Waals surface area contributed by atoms with Crippen molar-refractivity contribution in [3.8, 4) is 5.75 Å². The molecule has 4 atom stereocenters. The molecule has 1 aliphatic carbocycles. The molecular weight excluding hydrogens is 452 g/mol. The van der Waals surface area contributed by atoms with Gasteiger partial charge in [0.1, 0.15) is 5.75 Å². The van der Waals surface area contributed by atoms with E-state index in [0.717, 1.165) is 10.8 Å². The fourth-order valence-corrected chi connectivity index (χ4v) is 5.35. The average Bonchev–Trinajstić information content (AvgIpc) is 3.30. The van der Waals surface area contributed by atoms with Gasteiger partial charge in [-0.3, -0.25) is 4.79 Å². The third kappa shape index (κ3) is 2.66. The van der Waals surface area contributed by atoms with Crippen molar-refractivity contribution in [3.63, 3.8) is 0 Å². The highest BCUT2D eigenvalue weighted by atomic mass is 16.8. The normalized spacial score (nSPS) is 27.9. The number of fused-ring (bicyclic) bond motifs is 4. The Bertz CT molecular complexity index is 1400. The second-order valence-corrected chi connectivity index (χ2v) is 8.52. The monoisotopic (exact) mass is 474 g/mol. The summed E-state index contributed by atoms with van der Waals surface area (Å²) in [5.41, 5.74) is -0.675. The average molecular weight is 474 g/mol. The van der Waals surface area contributed by atoms with E-state index in [9.17, 15) is 14.4 Å². The van der Waals surface area contributed by atoms with Gasteiger partial charge in [-0.05, 0) is 19.2 Å². The summed E-state index contributed by atoms with van der Waals surface area (Å²) < 4.78 is 29.7. The maximum Gasteiger partial charge on any atom is 0.338 e. The third-order valence-corrected chi connectivity index (χ3v) is 6.72. The van der Waals surface area contributed by atoms with Crippen molar-refractivity contribution in [2.24, 2.45) is 0 Å². The Hall–Kier alpha value is -3.75. The van der Waals surface area contributed by atoms with Gasteiger partial charge in [0.25, 0.3) is 5.79 Å². The number of benzene rings is 3. The van der Waals surface area contributed by atoms with Crippen LogP contribution in [0.3, 0.4) is 0 Å². The van der Waals surface area contributed by atoms with Gasteiger partial charge >= 0.3 is 11.9 Å². The number of esters is 2. The van der Waals surface area contributed by atoms with Gasteiger partial charge in [0.15, 0.2) is 12.2 Å². The van der Waals surface area contributed by atoms with Gasteiger partial charge < -0.3 is 23.7 Å². The fraction of sp³-hybridized carbons (Fsp3) is 0.296. The Morgan fingerprint density at radius 3 is 2.23 bits per heavy atom. The maximum absolute atomic E-state index is 14.1. The topological polar surface area (TPSA) is 97.4 Å². The summed E-state index contributed by atoms with van der Waals surface area (Å²) in [7, 11) is 0. The largest absolute Gasteiger partial charge is 0.464 e. The Balaban J connectivity index is 1.63. The first-order chi connectivity index (χ1) is 17.0. The highest BCUT2D eigenvalue weighted by Gasteiger charge is 2.78. The predicted octanol–water partition coefficient (Wildman–Crippen LogP) is 3.39. The Morgan fingerprint density at radius 2 is 1.49 bits per heavy atom. The highest BCUT2D eigenvalue weighted by molar-refractivity contribution is 6.11. The predicted molar refractivity (Wildman–Crippen MR) is 122 cm³/mol. The van der Waals surface area contributed by atoms with Crippen LogP contribution in [0.5, 0.6) is 5.75 Å². The van der Waals surface area contributed by atoms with Gasteiger partial charge in [0, 0.05) is 22.1 Å². The van der Waals surface area contributed by atoms with Crippen LogP contribution in [0.1, 0.15) is 35.3 Å². The number of rotatable bonds is 4. The van der Waals surface area contributed by atoms with E-state index in [1.54, 1.807) is 44.2 Å². The van der Waals surface area contributed by atoms with E-state index < -0.39 is 41.3 Å². The summed E-state index contributed by atoms with van der Waals surface area (Å²) >= 11 is 0. The molecule has 178 valence electrons. The molecule has 3 aliphatic rings. The smallest absolute Gasteiger partial charge is 0.338 e. The molecule has 3 aromatic carbocycles.